The number of sulfonamides is 1. The standard InChI is InChI=1S/C18H20FN3O4S/c1-13-18(14(2)26-20-13)27(24,25)22-10-8-21(9-11-22)17(23)7-6-15-4-3-5-16(19)12-15/h3-7,12H,8-11H2,1-2H3/b7-6+. The van der Waals surface area contributed by atoms with Gasteiger partial charge in [-0.2, -0.15) is 4.31 Å². The van der Waals surface area contributed by atoms with Crippen molar-refractivity contribution >= 4 is 22.0 Å². The second-order valence-corrected chi connectivity index (χ2v) is 8.15. The number of carbonyl (C=O) groups is 1. The third-order valence-electron chi connectivity index (χ3n) is 4.38. The molecule has 144 valence electrons. The van der Waals surface area contributed by atoms with Crippen LogP contribution in [0.15, 0.2) is 39.8 Å². The topological polar surface area (TPSA) is 83.7 Å². The molecule has 27 heavy (non-hydrogen) atoms. The number of rotatable bonds is 4. The molecule has 9 heteroatoms. The number of aryl methyl sites for hydroxylation is 2. The lowest BCUT2D eigenvalue weighted by molar-refractivity contribution is -0.127. The van der Waals surface area contributed by atoms with E-state index in [0.717, 1.165) is 0 Å². The van der Waals surface area contributed by atoms with Gasteiger partial charge in [0.15, 0.2) is 5.76 Å². The van der Waals surface area contributed by atoms with E-state index in [4.69, 9.17) is 4.52 Å². The summed E-state index contributed by atoms with van der Waals surface area (Å²) >= 11 is 0. The molecular weight excluding hydrogens is 373 g/mol. The van der Waals surface area contributed by atoms with Crippen molar-refractivity contribution in [2.75, 3.05) is 26.2 Å². The molecule has 1 amide bonds. The van der Waals surface area contributed by atoms with E-state index in [1.165, 1.54) is 22.5 Å². The van der Waals surface area contributed by atoms with Gasteiger partial charge in [0.25, 0.3) is 0 Å². The Bertz CT molecular complexity index is 957. The highest BCUT2D eigenvalue weighted by molar-refractivity contribution is 7.89. The van der Waals surface area contributed by atoms with Crippen LogP contribution in [0.5, 0.6) is 0 Å². The molecule has 1 saturated heterocycles. The zero-order valence-corrected chi connectivity index (χ0v) is 15.9. The fraction of sp³-hybridized carbons (Fsp3) is 0.333. The Morgan fingerprint density at radius 2 is 1.93 bits per heavy atom. The molecule has 3 rings (SSSR count). The lowest BCUT2D eigenvalue weighted by atomic mass is 10.2. The summed E-state index contributed by atoms with van der Waals surface area (Å²) in [4.78, 5) is 14.0. The molecule has 1 fully saturated rings. The Labute approximate surface area is 157 Å². The predicted molar refractivity (Wildman–Crippen MR) is 96.7 cm³/mol. The molecule has 0 N–H and O–H groups in total. The molecule has 1 aromatic heterocycles. The van der Waals surface area contributed by atoms with Crippen molar-refractivity contribution in [1.29, 1.82) is 0 Å². The number of benzene rings is 1. The van der Waals surface area contributed by atoms with Crippen molar-refractivity contribution in [2.45, 2.75) is 18.7 Å². The van der Waals surface area contributed by atoms with E-state index in [1.54, 1.807) is 37.0 Å². The van der Waals surface area contributed by atoms with Crippen LogP contribution >= 0.6 is 0 Å². The highest BCUT2D eigenvalue weighted by Crippen LogP contribution is 2.24. The molecule has 0 unspecified atom stereocenters. The first-order valence-corrected chi connectivity index (χ1v) is 9.88. The van der Waals surface area contributed by atoms with Gasteiger partial charge in [-0.05, 0) is 37.6 Å². The van der Waals surface area contributed by atoms with Crippen LogP contribution < -0.4 is 0 Å². The smallest absolute Gasteiger partial charge is 0.248 e. The molecule has 1 aromatic carbocycles. The van der Waals surface area contributed by atoms with Crippen LogP contribution in [0.1, 0.15) is 17.0 Å². The molecule has 0 bridgehead atoms. The maximum absolute atomic E-state index is 13.2. The summed E-state index contributed by atoms with van der Waals surface area (Å²) in [7, 11) is -3.71. The van der Waals surface area contributed by atoms with Crippen LogP contribution in [-0.4, -0.2) is 54.9 Å². The average Bonchev–Trinajstić information content (AvgIpc) is 2.99. The Kier molecular flexibility index (Phi) is 5.43. The first-order valence-electron chi connectivity index (χ1n) is 8.44. The van der Waals surface area contributed by atoms with Gasteiger partial charge in [0.2, 0.25) is 15.9 Å². The molecule has 2 aromatic rings. The number of hydrogen-bond donors (Lipinski definition) is 0. The minimum absolute atomic E-state index is 0.0910. The van der Waals surface area contributed by atoms with Crippen molar-refractivity contribution in [3.63, 3.8) is 0 Å². The fourth-order valence-corrected chi connectivity index (χ4v) is 4.72. The van der Waals surface area contributed by atoms with E-state index in [2.05, 4.69) is 5.16 Å². The lowest BCUT2D eigenvalue weighted by Crippen LogP contribution is -2.50. The SMILES string of the molecule is Cc1noc(C)c1S(=O)(=O)N1CCN(C(=O)/C=C/c2cccc(F)c2)CC1. The molecule has 0 atom stereocenters. The molecule has 0 saturated carbocycles. The zero-order chi connectivity index (χ0) is 19.6. The second-order valence-electron chi connectivity index (χ2n) is 6.27. The summed E-state index contributed by atoms with van der Waals surface area (Å²) in [5.74, 6) is -0.361. The van der Waals surface area contributed by atoms with Crippen molar-refractivity contribution < 1.29 is 22.1 Å². The van der Waals surface area contributed by atoms with Crippen molar-refractivity contribution in [3.8, 4) is 0 Å². The number of aromatic nitrogens is 1. The molecule has 0 aliphatic carbocycles. The Balaban J connectivity index is 1.64. The summed E-state index contributed by atoms with van der Waals surface area (Å²) in [6, 6.07) is 5.93. The van der Waals surface area contributed by atoms with E-state index in [1.807, 2.05) is 0 Å². The van der Waals surface area contributed by atoms with Gasteiger partial charge in [-0.3, -0.25) is 4.79 Å². The van der Waals surface area contributed by atoms with Gasteiger partial charge < -0.3 is 9.42 Å². The van der Waals surface area contributed by atoms with Crippen LogP contribution in [-0.2, 0) is 14.8 Å². The highest BCUT2D eigenvalue weighted by Gasteiger charge is 2.33. The predicted octanol–water partition coefficient (Wildman–Crippen LogP) is 1.98. The van der Waals surface area contributed by atoms with Gasteiger partial charge in [0, 0.05) is 32.3 Å². The maximum Gasteiger partial charge on any atom is 0.248 e. The quantitative estimate of drug-likeness (QED) is 0.742. The van der Waals surface area contributed by atoms with Crippen LogP contribution in [0.4, 0.5) is 4.39 Å². The summed E-state index contributed by atoms with van der Waals surface area (Å²) in [6.07, 6.45) is 2.91. The Morgan fingerprint density at radius 1 is 1.22 bits per heavy atom. The van der Waals surface area contributed by atoms with Crippen LogP contribution in [0.2, 0.25) is 0 Å². The lowest BCUT2D eigenvalue weighted by Gasteiger charge is -2.33. The summed E-state index contributed by atoms with van der Waals surface area (Å²) in [6.45, 7) is 4.06. The Hall–Kier alpha value is -2.52. The molecular formula is C18H20FN3O4S. The molecule has 1 aliphatic rings. The largest absolute Gasteiger partial charge is 0.360 e. The molecule has 2 heterocycles. The highest BCUT2D eigenvalue weighted by atomic mass is 32.2. The van der Waals surface area contributed by atoms with Gasteiger partial charge in [0.05, 0.1) is 0 Å². The van der Waals surface area contributed by atoms with Crippen molar-refractivity contribution in [2.24, 2.45) is 0 Å². The number of halogens is 1. The van der Waals surface area contributed by atoms with Gasteiger partial charge in [-0.15, -0.1) is 0 Å². The van der Waals surface area contributed by atoms with Crippen LogP contribution in [0.3, 0.4) is 0 Å². The molecule has 0 spiro atoms. The number of carbonyl (C=O) groups excluding carboxylic acids is 1. The second kappa shape index (κ2) is 7.61. The van der Waals surface area contributed by atoms with Gasteiger partial charge in [-0.1, -0.05) is 17.3 Å². The van der Waals surface area contributed by atoms with Crippen LogP contribution in [0, 0.1) is 19.7 Å². The fourth-order valence-electron chi connectivity index (χ4n) is 3.00. The zero-order valence-electron chi connectivity index (χ0n) is 15.1. The molecule has 1 aliphatic heterocycles. The van der Waals surface area contributed by atoms with Gasteiger partial charge >= 0.3 is 0 Å². The monoisotopic (exact) mass is 393 g/mol. The van der Waals surface area contributed by atoms with Crippen molar-refractivity contribution in [3.05, 3.63) is 53.2 Å². The first-order chi connectivity index (χ1) is 12.8. The molecule has 7 nitrogen and oxygen atoms in total. The van der Waals surface area contributed by atoms with E-state index in [9.17, 15) is 17.6 Å². The minimum Gasteiger partial charge on any atom is -0.360 e. The third-order valence-corrected chi connectivity index (χ3v) is 6.53. The van der Waals surface area contributed by atoms with E-state index in [-0.39, 0.29) is 48.6 Å². The summed E-state index contributed by atoms with van der Waals surface area (Å²) in [5.41, 5.74) is 0.909. The number of nitrogens with zero attached hydrogens (tertiary/aromatic N) is 3. The third kappa shape index (κ3) is 4.09. The summed E-state index contributed by atoms with van der Waals surface area (Å²) < 4.78 is 45.0. The summed E-state index contributed by atoms with van der Waals surface area (Å²) in [5, 5.41) is 3.70. The normalized spacial score (nSPS) is 16.2. The van der Waals surface area contributed by atoms with Gasteiger partial charge in [-0.25, -0.2) is 12.8 Å². The van der Waals surface area contributed by atoms with E-state index >= 15 is 0 Å². The minimum atomic E-state index is -3.71. The van der Waals surface area contributed by atoms with Gasteiger partial charge in [0.1, 0.15) is 16.4 Å². The van der Waals surface area contributed by atoms with Crippen molar-refractivity contribution in [1.82, 2.24) is 14.4 Å². The Morgan fingerprint density at radius 3 is 2.52 bits per heavy atom. The van der Waals surface area contributed by atoms with E-state index < -0.39 is 10.0 Å². The molecule has 0 radical (unpaired) electrons. The number of piperazine rings is 1. The number of amides is 1. The average molecular weight is 393 g/mol. The first kappa shape index (κ1) is 19.2. The van der Waals surface area contributed by atoms with Crippen LogP contribution in [0.25, 0.3) is 6.08 Å². The maximum atomic E-state index is 13.2. The number of hydrogen-bond acceptors (Lipinski definition) is 5. The van der Waals surface area contributed by atoms with E-state index in [0.29, 0.717) is 11.3 Å².